The van der Waals surface area contributed by atoms with Crippen molar-refractivity contribution in [3.05, 3.63) is 82.6 Å². The van der Waals surface area contributed by atoms with Crippen molar-refractivity contribution in [2.45, 2.75) is 37.7 Å². The highest BCUT2D eigenvalue weighted by molar-refractivity contribution is 6.06. The largest absolute Gasteiger partial charge is 0.488 e. The van der Waals surface area contributed by atoms with Gasteiger partial charge in [0.05, 0.1) is 43.5 Å². The molecule has 1 heterocycles. The van der Waals surface area contributed by atoms with Gasteiger partial charge >= 0.3 is 11.9 Å². The molecule has 0 aromatic heterocycles. The number of hydrogen-bond acceptors (Lipinski definition) is 8. The number of nitrogens with zero attached hydrogens (tertiary/aromatic N) is 2. The normalized spacial score (nSPS) is 18.2. The number of methoxy groups -OCH3 is 2. The average molecular weight is 492 g/mol. The predicted molar refractivity (Wildman–Crippen MR) is 129 cm³/mol. The lowest BCUT2D eigenvalue weighted by atomic mass is 9.81. The fraction of sp³-hybridized carbons (Fsp3) is 0.296. The van der Waals surface area contributed by atoms with E-state index < -0.39 is 23.7 Å². The number of ether oxygens (including phenoxy) is 3. The molecule has 1 saturated carbocycles. The molecule has 1 aliphatic carbocycles. The third-order valence-corrected chi connectivity index (χ3v) is 6.38. The van der Waals surface area contributed by atoms with E-state index in [1.165, 1.54) is 12.1 Å². The number of hydrogen-bond donors (Lipinski definition) is 1. The summed E-state index contributed by atoms with van der Waals surface area (Å²) in [7, 11) is 2.29. The Hall–Kier alpha value is -4.32. The molecule has 8 nitrogen and oxygen atoms in total. The third-order valence-electron chi connectivity index (χ3n) is 6.38. The van der Waals surface area contributed by atoms with Gasteiger partial charge in [0.25, 0.3) is 0 Å². The van der Waals surface area contributed by atoms with Crippen molar-refractivity contribution in [2.75, 3.05) is 19.1 Å². The van der Waals surface area contributed by atoms with Gasteiger partial charge in [0.1, 0.15) is 23.0 Å². The second-order valence-corrected chi connectivity index (χ2v) is 8.45. The van der Waals surface area contributed by atoms with Crippen LogP contribution in [-0.2, 0) is 19.1 Å². The van der Waals surface area contributed by atoms with Crippen molar-refractivity contribution in [1.82, 2.24) is 0 Å². The van der Waals surface area contributed by atoms with E-state index in [1.807, 2.05) is 0 Å². The van der Waals surface area contributed by atoms with Gasteiger partial charge in [-0.15, -0.1) is 0 Å². The highest BCUT2D eigenvalue weighted by Crippen LogP contribution is 2.46. The molecule has 0 saturated heterocycles. The Morgan fingerprint density at radius 1 is 1.03 bits per heavy atom. The van der Waals surface area contributed by atoms with Crippen molar-refractivity contribution in [3.8, 4) is 11.8 Å². The van der Waals surface area contributed by atoms with Gasteiger partial charge in [0, 0.05) is 0 Å². The Morgan fingerprint density at radius 3 is 2.31 bits per heavy atom. The number of carbonyl (C=O) groups excluding carboxylic acids is 2. The average Bonchev–Trinajstić information content (AvgIpc) is 3.41. The number of anilines is 1. The van der Waals surface area contributed by atoms with Crippen LogP contribution in [0.4, 0.5) is 10.1 Å². The van der Waals surface area contributed by atoms with Gasteiger partial charge in [0.2, 0.25) is 0 Å². The van der Waals surface area contributed by atoms with E-state index in [9.17, 15) is 14.9 Å². The van der Waals surface area contributed by atoms with Crippen LogP contribution in [-0.4, -0.2) is 32.3 Å². The standard InChI is InChI=1S/C27H26FN3O5/c1-34-26(32)22-21(16-9-4-3-5-10-16)18(15-29)25(30)31(24(22)27(33)35-2)23-19(28)13-8-14-20(23)36-17-11-6-7-12-17/h3-5,8-10,13-14,17,21H,6-7,11-12,30H2,1-2H3. The number of para-hydroxylation sites is 1. The van der Waals surface area contributed by atoms with Gasteiger partial charge in [-0.1, -0.05) is 36.4 Å². The third kappa shape index (κ3) is 4.38. The number of esters is 2. The lowest BCUT2D eigenvalue weighted by Gasteiger charge is -2.36. The van der Waals surface area contributed by atoms with E-state index in [0.717, 1.165) is 44.8 Å². The molecular weight excluding hydrogens is 465 g/mol. The van der Waals surface area contributed by atoms with Crippen LogP contribution in [0.2, 0.25) is 0 Å². The maximum absolute atomic E-state index is 15.5. The van der Waals surface area contributed by atoms with E-state index in [0.29, 0.717) is 5.56 Å². The highest BCUT2D eigenvalue weighted by Gasteiger charge is 2.44. The number of nitriles is 1. The minimum absolute atomic E-state index is 0.0516. The summed E-state index contributed by atoms with van der Waals surface area (Å²) >= 11 is 0. The van der Waals surface area contributed by atoms with Gasteiger partial charge in [-0.05, 0) is 43.4 Å². The van der Waals surface area contributed by atoms with E-state index in [-0.39, 0.29) is 40.2 Å². The molecule has 2 aliphatic rings. The Bertz CT molecular complexity index is 1280. The van der Waals surface area contributed by atoms with E-state index in [4.69, 9.17) is 19.9 Å². The molecule has 2 aromatic rings. The Balaban J connectivity index is 2.03. The van der Waals surface area contributed by atoms with Crippen LogP contribution < -0.4 is 15.4 Å². The Labute approximate surface area is 208 Å². The summed E-state index contributed by atoms with van der Waals surface area (Å²) in [5.74, 6) is -3.73. The van der Waals surface area contributed by atoms with E-state index >= 15 is 4.39 Å². The minimum atomic E-state index is -1.04. The van der Waals surface area contributed by atoms with Crippen LogP contribution in [0.25, 0.3) is 0 Å². The number of benzene rings is 2. The lowest BCUT2D eigenvalue weighted by Crippen LogP contribution is -2.41. The molecule has 0 bridgehead atoms. The maximum Gasteiger partial charge on any atom is 0.355 e. The summed E-state index contributed by atoms with van der Waals surface area (Å²) < 4.78 is 31.7. The van der Waals surface area contributed by atoms with Crippen LogP contribution in [0.3, 0.4) is 0 Å². The molecule has 4 rings (SSSR count). The second-order valence-electron chi connectivity index (χ2n) is 8.45. The summed E-state index contributed by atoms with van der Waals surface area (Å²) in [6, 6.07) is 14.9. The first-order valence-electron chi connectivity index (χ1n) is 11.5. The maximum atomic E-state index is 15.5. The predicted octanol–water partition coefficient (Wildman–Crippen LogP) is 4.04. The summed E-state index contributed by atoms with van der Waals surface area (Å²) in [5.41, 5.74) is 6.22. The fourth-order valence-corrected chi connectivity index (χ4v) is 4.74. The van der Waals surface area contributed by atoms with Crippen molar-refractivity contribution in [2.24, 2.45) is 5.73 Å². The molecule has 0 spiro atoms. The zero-order valence-electron chi connectivity index (χ0n) is 20.0. The number of nitrogens with two attached hydrogens (primary N) is 1. The van der Waals surface area contributed by atoms with Crippen molar-refractivity contribution >= 4 is 17.6 Å². The van der Waals surface area contributed by atoms with Crippen LogP contribution in [0.15, 0.2) is 71.2 Å². The minimum Gasteiger partial charge on any atom is -0.488 e. The zero-order chi connectivity index (χ0) is 25.8. The molecule has 2 aromatic carbocycles. The Kier molecular flexibility index (Phi) is 7.25. The summed E-state index contributed by atoms with van der Waals surface area (Å²) in [6.07, 6.45) is 3.43. The molecule has 1 fully saturated rings. The van der Waals surface area contributed by atoms with Gasteiger partial charge in [-0.2, -0.15) is 5.26 Å². The topological polar surface area (TPSA) is 115 Å². The molecule has 0 amide bonds. The van der Waals surface area contributed by atoms with Crippen LogP contribution in [0, 0.1) is 17.1 Å². The number of allylic oxidation sites excluding steroid dienone is 1. The fourth-order valence-electron chi connectivity index (χ4n) is 4.74. The molecule has 1 aliphatic heterocycles. The van der Waals surface area contributed by atoms with Crippen molar-refractivity contribution < 1.29 is 28.2 Å². The number of rotatable bonds is 6. The van der Waals surface area contributed by atoms with E-state index in [1.54, 1.807) is 36.4 Å². The molecular formula is C27H26FN3O5. The van der Waals surface area contributed by atoms with Gasteiger partial charge in [-0.3, -0.25) is 4.90 Å². The molecule has 1 atom stereocenters. The zero-order valence-corrected chi connectivity index (χ0v) is 20.0. The lowest BCUT2D eigenvalue weighted by molar-refractivity contribution is -0.139. The first kappa shape index (κ1) is 24.8. The molecule has 2 N–H and O–H groups in total. The monoisotopic (exact) mass is 491 g/mol. The molecule has 1 unspecified atom stereocenters. The first-order valence-corrected chi connectivity index (χ1v) is 11.5. The summed E-state index contributed by atoms with van der Waals surface area (Å²) in [5, 5.41) is 10.2. The number of carbonyl (C=O) groups is 2. The number of halogens is 1. The summed E-state index contributed by atoms with van der Waals surface area (Å²) in [4.78, 5) is 27.4. The van der Waals surface area contributed by atoms with E-state index in [2.05, 4.69) is 6.07 Å². The molecule has 9 heteroatoms. The molecule has 36 heavy (non-hydrogen) atoms. The summed E-state index contributed by atoms with van der Waals surface area (Å²) in [6.45, 7) is 0. The van der Waals surface area contributed by atoms with Crippen LogP contribution in [0.1, 0.15) is 37.2 Å². The van der Waals surface area contributed by atoms with Crippen molar-refractivity contribution in [1.29, 1.82) is 5.26 Å². The van der Waals surface area contributed by atoms with Crippen molar-refractivity contribution in [3.63, 3.8) is 0 Å². The SMILES string of the molecule is COC(=O)C1=C(C(=O)OC)N(c2c(F)cccc2OC2CCCC2)C(N)=C(C#N)C1c1ccccc1. The van der Waals surface area contributed by atoms with Crippen LogP contribution >= 0.6 is 0 Å². The van der Waals surface area contributed by atoms with Crippen LogP contribution in [0.5, 0.6) is 5.75 Å². The van der Waals surface area contributed by atoms with Gasteiger partial charge in [0.15, 0.2) is 5.82 Å². The molecule has 0 radical (unpaired) electrons. The van der Waals surface area contributed by atoms with Gasteiger partial charge in [-0.25, -0.2) is 14.0 Å². The first-order chi connectivity index (χ1) is 17.4. The smallest absolute Gasteiger partial charge is 0.355 e. The quantitative estimate of drug-likeness (QED) is 0.602. The Morgan fingerprint density at radius 2 is 1.69 bits per heavy atom. The second kappa shape index (κ2) is 10.5. The molecule has 186 valence electrons. The highest BCUT2D eigenvalue weighted by atomic mass is 19.1. The van der Waals surface area contributed by atoms with Gasteiger partial charge < -0.3 is 19.9 Å².